The molecule has 0 saturated carbocycles. The van der Waals surface area contributed by atoms with Gasteiger partial charge < -0.3 is 10.5 Å². The lowest BCUT2D eigenvalue weighted by Gasteiger charge is -2.20. The zero-order chi connectivity index (χ0) is 15.6. The van der Waals surface area contributed by atoms with Crippen LogP contribution in [0.5, 0.6) is 0 Å². The predicted octanol–water partition coefficient (Wildman–Crippen LogP) is 0.976. The Labute approximate surface area is 122 Å². The fourth-order valence-corrected chi connectivity index (χ4v) is 3.45. The molecule has 0 amide bonds. The van der Waals surface area contributed by atoms with Gasteiger partial charge in [0, 0.05) is 26.3 Å². The van der Waals surface area contributed by atoms with Crippen molar-refractivity contribution in [2.45, 2.75) is 23.8 Å². The number of nitrogens with two attached hydrogens (primary N) is 1. The lowest BCUT2D eigenvalue weighted by molar-refractivity contribution is -0.383. The van der Waals surface area contributed by atoms with E-state index in [1.807, 2.05) is 0 Å². The molecule has 8 nitrogen and oxygen atoms in total. The number of benzene rings is 1. The normalized spacial score (nSPS) is 19.0. The molecule has 21 heavy (non-hydrogen) atoms. The van der Waals surface area contributed by atoms with Gasteiger partial charge in [0.2, 0.25) is 10.0 Å². The SMILES string of the molecule is CN(CC1CCCO1)S(=O)(=O)c1ccc([N+](=O)[O-])c(N)c1. The first-order chi connectivity index (χ1) is 9.82. The van der Waals surface area contributed by atoms with Crippen LogP contribution in [-0.4, -0.2) is 43.9 Å². The van der Waals surface area contributed by atoms with Crippen LogP contribution in [0.1, 0.15) is 12.8 Å². The second-order valence-electron chi connectivity index (χ2n) is 4.90. The minimum Gasteiger partial charge on any atom is -0.393 e. The van der Waals surface area contributed by atoms with Gasteiger partial charge in [0.15, 0.2) is 0 Å². The minimum atomic E-state index is -3.74. The summed E-state index contributed by atoms with van der Waals surface area (Å²) >= 11 is 0. The molecule has 1 aliphatic rings. The highest BCUT2D eigenvalue weighted by atomic mass is 32.2. The number of sulfonamides is 1. The van der Waals surface area contributed by atoms with Gasteiger partial charge in [0.25, 0.3) is 5.69 Å². The fourth-order valence-electron chi connectivity index (χ4n) is 2.21. The number of ether oxygens (including phenoxy) is 1. The van der Waals surface area contributed by atoms with Crippen LogP contribution in [0.3, 0.4) is 0 Å². The average molecular weight is 315 g/mol. The van der Waals surface area contributed by atoms with Crippen molar-refractivity contribution >= 4 is 21.4 Å². The molecule has 0 spiro atoms. The number of anilines is 1. The topological polar surface area (TPSA) is 116 Å². The molecule has 1 aromatic carbocycles. The monoisotopic (exact) mass is 315 g/mol. The van der Waals surface area contributed by atoms with Gasteiger partial charge in [-0.1, -0.05) is 0 Å². The van der Waals surface area contributed by atoms with E-state index in [1.165, 1.54) is 17.4 Å². The number of hydrogen-bond donors (Lipinski definition) is 1. The van der Waals surface area contributed by atoms with Crippen molar-refractivity contribution in [2.75, 3.05) is 25.9 Å². The predicted molar refractivity (Wildman–Crippen MR) is 76.3 cm³/mol. The van der Waals surface area contributed by atoms with E-state index >= 15 is 0 Å². The molecule has 1 atom stereocenters. The van der Waals surface area contributed by atoms with Crippen LogP contribution in [0.2, 0.25) is 0 Å². The lowest BCUT2D eigenvalue weighted by Crippen LogP contribution is -2.34. The maximum absolute atomic E-state index is 12.4. The van der Waals surface area contributed by atoms with Crippen LogP contribution in [0.15, 0.2) is 23.1 Å². The third kappa shape index (κ3) is 3.31. The number of nitro benzene ring substituents is 1. The molecule has 2 N–H and O–H groups in total. The molecule has 0 bridgehead atoms. The number of rotatable bonds is 5. The summed E-state index contributed by atoms with van der Waals surface area (Å²) in [7, 11) is -2.29. The van der Waals surface area contributed by atoms with Crippen LogP contribution < -0.4 is 5.73 Å². The van der Waals surface area contributed by atoms with Gasteiger partial charge in [-0.2, -0.15) is 4.31 Å². The Hall–Kier alpha value is -1.71. The molecule has 1 saturated heterocycles. The van der Waals surface area contributed by atoms with Crippen molar-refractivity contribution in [3.05, 3.63) is 28.3 Å². The second-order valence-corrected chi connectivity index (χ2v) is 6.94. The van der Waals surface area contributed by atoms with Crippen LogP contribution in [0.4, 0.5) is 11.4 Å². The van der Waals surface area contributed by atoms with E-state index in [9.17, 15) is 18.5 Å². The highest BCUT2D eigenvalue weighted by Crippen LogP contribution is 2.26. The zero-order valence-corrected chi connectivity index (χ0v) is 12.4. The summed E-state index contributed by atoms with van der Waals surface area (Å²) < 4.78 is 31.4. The number of nitro groups is 1. The van der Waals surface area contributed by atoms with Crippen molar-refractivity contribution in [3.8, 4) is 0 Å². The zero-order valence-electron chi connectivity index (χ0n) is 11.6. The first-order valence-corrected chi connectivity index (χ1v) is 7.88. The summed E-state index contributed by atoms with van der Waals surface area (Å²) in [6, 6.07) is 3.40. The number of nitrogens with zero attached hydrogens (tertiary/aromatic N) is 2. The van der Waals surface area contributed by atoms with Gasteiger partial charge in [-0.25, -0.2) is 8.42 Å². The van der Waals surface area contributed by atoms with E-state index in [2.05, 4.69) is 0 Å². The Balaban J connectivity index is 2.22. The largest absolute Gasteiger partial charge is 0.393 e. The van der Waals surface area contributed by atoms with E-state index in [0.717, 1.165) is 25.0 Å². The molecule has 1 unspecified atom stereocenters. The van der Waals surface area contributed by atoms with Gasteiger partial charge in [-0.3, -0.25) is 10.1 Å². The van der Waals surface area contributed by atoms with Gasteiger partial charge in [-0.15, -0.1) is 0 Å². The highest BCUT2D eigenvalue weighted by Gasteiger charge is 2.27. The van der Waals surface area contributed by atoms with E-state index in [4.69, 9.17) is 10.5 Å². The Morgan fingerprint density at radius 3 is 2.76 bits per heavy atom. The minimum absolute atomic E-state index is 0.0638. The molecule has 116 valence electrons. The molecule has 9 heteroatoms. The summed E-state index contributed by atoms with van der Waals surface area (Å²) in [4.78, 5) is 9.98. The van der Waals surface area contributed by atoms with E-state index in [1.54, 1.807) is 0 Å². The fraction of sp³-hybridized carbons (Fsp3) is 0.500. The molecule has 1 fully saturated rings. The number of likely N-dealkylation sites (N-methyl/N-ethyl adjacent to an activating group) is 1. The second kappa shape index (κ2) is 5.96. The van der Waals surface area contributed by atoms with Crippen LogP contribution >= 0.6 is 0 Å². The van der Waals surface area contributed by atoms with Crippen LogP contribution in [-0.2, 0) is 14.8 Å². The molecule has 0 aromatic heterocycles. The van der Waals surface area contributed by atoms with Crippen molar-refractivity contribution in [3.63, 3.8) is 0 Å². The Morgan fingerprint density at radius 2 is 2.24 bits per heavy atom. The summed E-state index contributed by atoms with van der Waals surface area (Å²) in [5.41, 5.74) is 5.05. The first kappa shape index (κ1) is 15.7. The van der Waals surface area contributed by atoms with E-state index in [0.29, 0.717) is 6.61 Å². The van der Waals surface area contributed by atoms with Crippen molar-refractivity contribution in [2.24, 2.45) is 0 Å². The third-order valence-corrected chi connectivity index (χ3v) is 5.21. The van der Waals surface area contributed by atoms with Gasteiger partial charge in [-0.05, 0) is 25.0 Å². The van der Waals surface area contributed by atoms with Crippen LogP contribution in [0.25, 0.3) is 0 Å². The molecule has 2 rings (SSSR count). The Bertz CT molecular complexity index is 640. The molecular formula is C12H17N3O5S. The third-order valence-electron chi connectivity index (χ3n) is 3.39. The lowest BCUT2D eigenvalue weighted by atomic mass is 10.2. The maximum atomic E-state index is 12.4. The van der Waals surface area contributed by atoms with Gasteiger partial charge in [0.1, 0.15) is 5.69 Å². The molecule has 1 aromatic rings. The Morgan fingerprint density at radius 1 is 1.52 bits per heavy atom. The highest BCUT2D eigenvalue weighted by molar-refractivity contribution is 7.89. The van der Waals surface area contributed by atoms with E-state index < -0.39 is 14.9 Å². The van der Waals surface area contributed by atoms with Crippen molar-refractivity contribution in [1.82, 2.24) is 4.31 Å². The summed E-state index contributed by atoms with van der Waals surface area (Å²) in [5, 5.41) is 10.7. The number of nitrogen functional groups attached to an aromatic ring is 1. The quantitative estimate of drug-likeness (QED) is 0.492. The molecule has 1 heterocycles. The summed E-state index contributed by atoms with van der Waals surface area (Å²) in [6.07, 6.45) is 1.63. The number of hydrogen-bond acceptors (Lipinski definition) is 6. The van der Waals surface area contributed by atoms with Gasteiger partial charge >= 0.3 is 0 Å². The van der Waals surface area contributed by atoms with Crippen LogP contribution in [0, 0.1) is 10.1 Å². The maximum Gasteiger partial charge on any atom is 0.292 e. The Kier molecular flexibility index (Phi) is 4.45. The standard InChI is InChI=1S/C12H17N3O5S/c1-14(8-9-3-2-6-20-9)21(18,19)10-4-5-12(15(16)17)11(13)7-10/h4-5,7,9H,2-3,6,8,13H2,1H3. The summed E-state index contributed by atoms with van der Waals surface area (Å²) in [6.45, 7) is 0.891. The smallest absolute Gasteiger partial charge is 0.292 e. The molecular weight excluding hydrogens is 298 g/mol. The molecule has 1 aliphatic heterocycles. The first-order valence-electron chi connectivity index (χ1n) is 6.44. The van der Waals surface area contributed by atoms with E-state index in [-0.39, 0.29) is 28.9 Å². The summed E-state index contributed by atoms with van der Waals surface area (Å²) in [5.74, 6) is 0. The molecule has 0 aliphatic carbocycles. The molecule has 0 radical (unpaired) electrons. The van der Waals surface area contributed by atoms with Crippen molar-refractivity contribution < 1.29 is 18.1 Å². The van der Waals surface area contributed by atoms with Crippen molar-refractivity contribution in [1.29, 1.82) is 0 Å². The van der Waals surface area contributed by atoms with Gasteiger partial charge in [0.05, 0.1) is 15.9 Å². The average Bonchev–Trinajstić information content (AvgIpc) is 2.90.